The summed E-state index contributed by atoms with van der Waals surface area (Å²) in [4.78, 5) is 3.76. The number of hydrogen-bond acceptors (Lipinski definition) is 3. The molecule has 3 nitrogen and oxygen atoms in total. The van der Waals surface area contributed by atoms with E-state index in [0.29, 0.717) is 5.15 Å². The molecule has 0 N–H and O–H groups in total. The normalized spacial score (nSPS) is 10.2. The number of thiol groups is 1. The van der Waals surface area contributed by atoms with Gasteiger partial charge in [0.1, 0.15) is 5.15 Å². The maximum atomic E-state index is 10.3. The van der Waals surface area contributed by atoms with Crippen LogP contribution in [0.5, 0.6) is 0 Å². The van der Waals surface area contributed by atoms with Crippen LogP contribution in [0.3, 0.4) is 0 Å². The standard InChI is InChI=1S/C5H4ClNO2S/c6-5-2-1-4(3-7-5)10(8)9/h1-3,10H. The second kappa shape index (κ2) is 2.98. The van der Waals surface area contributed by atoms with Crippen LogP contribution in [0.1, 0.15) is 0 Å². The van der Waals surface area contributed by atoms with E-state index < -0.39 is 10.7 Å². The lowest BCUT2D eigenvalue weighted by molar-refractivity contribution is 0.614. The van der Waals surface area contributed by atoms with E-state index in [0.717, 1.165) is 0 Å². The fraction of sp³-hybridized carbons (Fsp3) is 0. The van der Waals surface area contributed by atoms with Crippen LogP contribution in [0.2, 0.25) is 5.15 Å². The van der Waals surface area contributed by atoms with Gasteiger partial charge in [-0.1, -0.05) is 11.6 Å². The molecule has 10 heavy (non-hydrogen) atoms. The molecule has 1 aromatic rings. The summed E-state index contributed by atoms with van der Waals surface area (Å²) >= 11 is 5.41. The first-order chi connectivity index (χ1) is 4.70. The summed E-state index contributed by atoms with van der Waals surface area (Å²) in [5, 5.41) is 0.292. The zero-order valence-electron chi connectivity index (χ0n) is 4.82. The van der Waals surface area contributed by atoms with Crippen LogP contribution in [-0.2, 0) is 10.7 Å². The Bertz CT molecular complexity index is 285. The van der Waals surface area contributed by atoms with Gasteiger partial charge in [-0.3, -0.25) is 0 Å². The molecule has 0 saturated carbocycles. The van der Waals surface area contributed by atoms with E-state index in [1.165, 1.54) is 18.3 Å². The third-order valence-electron chi connectivity index (χ3n) is 0.923. The van der Waals surface area contributed by atoms with Gasteiger partial charge in [0, 0.05) is 6.20 Å². The Hall–Kier alpha value is -0.610. The summed E-state index contributed by atoms with van der Waals surface area (Å²) in [5.74, 6) is 0. The highest BCUT2D eigenvalue weighted by Crippen LogP contribution is 2.05. The number of rotatable bonds is 1. The number of pyridine rings is 1. The summed E-state index contributed by atoms with van der Waals surface area (Å²) in [6, 6.07) is 2.84. The van der Waals surface area contributed by atoms with Gasteiger partial charge in [-0.15, -0.1) is 0 Å². The molecule has 0 radical (unpaired) electrons. The van der Waals surface area contributed by atoms with Crippen molar-refractivity contribution >= 4 is 22.3 Å². The molecule has 5 heteroatoms. The number of halogens is 1. The Balaban J connectivity index is 3.12. The van der Waals surface area contributed by atoms with Crippen molar-refractivity contribution in [2.75, 3.05) is 0 Å². The SMILES string of the molecule is O=[SH](=O)c1ccc(Cl)nc1. The number of nitrogens with zero attached hydrogens (tertiary/aromatic N) is 1. The maximum absolute atomic E-state index is 10.3. The Kier molecular flexibility index (Phi) is 2.24. The largest absolute Gasteiger partial charge is 0.243 e. The van der Waals surface area contributed by atoms with Crippen LogP contribution in [0.4, 0.5) is 0 Å². The zero-order valence-corrected chi connectivity index (χ0v) is 6.47. The Morgan fingerprint density at radius 3 is 2.50 bits per heavy atom. The van der Waals surface area contributed by atoms with Crippen LogP contribution in [0, 0.1) is 0 Å². The molecule has 1 heterocycles. The second-order valence-corrected chi connectivity index (χ2v) is 3.01. The average molecular weight is 178 g/mol. The third kappa shape index (κ3) is 1.68. The molecular formula is C5H4ClNO2S. The van der Waals surface area contributed by atoms with Crippen LogP contribution < -0.4 is 0 Å². The Morgan fingerprint density at radius 2 is 2.10 bits per heavy atom. The van der Waals surface area contributed by atoms with Crippen LogP contribution in [-0.4, -0.2) is 13.4 Å². The van der Waals surface area contributed by atoms with Crippen LogP contribution in [0.15, 0.2) is 23.2 Å². The van der Waals surface area contributed by atoms with Gasteiger partial charge in [0.2, 0.25) is 0 Å². The average Bonchev–Trinajstić information content (AvgIpc) is 1.88. The molecule has 0 aliphatic heterocycles. The smallest absolute Gasteiger partial charge is 0.169 e. The fourth-order valence-electron chi connectivity index (χ4n) is 0.476. The molecule has 0 aliphatic rings. The highest BCUT2D eigenvalue weighted by molar-refractivity contribution is 7.72. The van der Waals surface area contributed by atoms with Crippen LogP contribution in [0.25, 0.3) is 0 Å². The van der Waals surface area contributed by atoms with Crippen LogP contribution >= 0.6 is 11.6 Å². The van der Waals surface area contributed by atoms with Crippen molar-refractivity contribution in [1.29, 1.82) is 0 Å². The summed E-state index contributed by atoms with van der Waals surface area (Å²) < 4.78 is 20.5. The molecule has 0 atom stereocenters. The fourth-order valence-corrected chi connectivity index (χ4v) is 0.936. The molecule has 1 aromatic heterocycles. The van der Waals surface area contributed by atoms with Gasteiger partial charge in [0.05, 0.1) is 4.90 Å². The third-order valence-corrected chi connectivity index (χ3v) is 1.83. The Morgan fingerprint density at radius 1 is 1.40 bits per heavy atom. The minimum absolute atomic E-state index is 0.180. The van der Waals surface area contributed by atoms with E-state index in [1.807, 2.05) is 0 Å². The van der Waals surface area contributed by atoms with Crippen molar-refractivity contribution in [1.82, 2.24) is 4.98 Å². The first kappa shape index (κ1) is 7.50. The predicted molar refractivity (Wildman–Crippen MR) is 37.8 cm³/mol. The van der Waals surface area contributed by atoms with Gasteiger partial charge in [0.15, 0.2) is 10.7 Å². The molecule has 0 unspecified atom stereocenters. The van der Waals surface area contributed by atoms with E-state index >= 15 is 0 Å². The van der Waals surface area contributed by atoms with E-state index in [2.05, 4.69) is 4.98 Å². The first-order valence-corrected chi connectivity index (χ1v) is 4.01. The molecule has 0 fully saturated rings. The van der Waals surface area contributed by atoms with Crippen molar-refractivity contribution in [2.45, 2.75) is 4.90 Å². The quantitative estimate of drug-likeness (QED) is 0.508. The van der Waals surface area contributed by atoms with Gasteiger partial charge in [-0.2, -0.15) is 0 Å². The van der Waals surface area contributed by atoms with E-state index in [-0.39, 0.29) is 4.90 Å². The van der Waals surface area contributed by atoms with E-state index in [4.69, 9.17) is 11.6 Å². The van der Waals surface area contributed by atoms with Gasteiger partial charge < -0.3 is 0 Å². The van der Waals surface area contributed by atoms with Crippen molar-refractivity contribution in [3.8, 4) is 0 Å². The molecule has 0 saturated heterocycles. The monoisotopic (exact) mass is 177 g/mol. The van der Waals surface area contributed by atoms with Crippen molar-refractivity contribution in [3.05, 3.63) is 23.5 Å². The Labute approximate surface area is 64.6 Å². The molecule has 0 aromatic carbocycles. The lowest BCUT2D eigenvalue weighted by atomic mass is 10.5. The van der Waals surface area contributed by atoms with E-state index in [9.17, 15) is 8.42 Å². The lowest BCUT2D eigenvalue weighted by Crippen LogP contribution is -1.81. The minimum Gasteiger partial charge on any atom is -0.243 e. The van der Waals surface area contributed by atoms with Gasteiger partial charge in [-0.05, 0) is 12.1 Å². The van der Waals surface area contributed by atoms with Gasteiger partial charge in [0.25, 0.3) is 0 Å². The minimum atomic E-state index is -2.53. The summed E-state index contributed by atoms with van der Waals surface area (Å²) in [5.41, 5.74) is 0. The zero-order chi connectivity index (χ0) is 7.56. The summed E-state index contributed by atoms with van der Waals surface area (Å²) in [7, 11) is -2.53. The molecule has 54 valence electrons. The predicted octanol–water partition coefficient (Wildman–Crippen LogP) is 0.705. The lowest BCUT2D eigenvalue weighted by Gasteiger charge is -1.87. The van der Waals surface area contributed by atoms with Gasteiger partial charge in [-0.25, -0.2) is 13.4 Å². The van der Waals surface area contributed by atoms with Gasteiger partial charge >= 0.3 is 0 Å². The first-order valence-electron chi connectivity index (χ1n) is 2.46. The summed E-state index contributed by atoms with van der Waals surface area (Å²) in [6.07, 6.45) is 1.22. The number of hydrogen-bond donors (Lipinski definition) is 1. The molecule has 0 amide bonds. The molecule has 1 rings (SSSR count). The van der Waals surface area contributed by atoms with Crippen molar-refractivity contribution < 1.29 is 8.42 Å². The van der Waals surface area contributed by atoms with Crippen molar-refractivity contribution in [3.63, 3.8) is 0 Å². The topological polar surface area (TPSA) is 47.0 Å². The maximum Gasteiger partial charge on any atom is 0.169 e. The molecule has 0 spiro atoms. The highest BCUT2D eigenvalue weighted by atomic mass is 35.5. The molecule has 0 aliphatic carbocycles. The molecule has 0 bridgehead atoms. The number of aromatic nitrogens is 1. The second-order valence-electron chi connectivity index (χ2n) is 1.60. The summed E-state index contributed by atoms with van der Waals surface area (Å²) in [6.45, 7) is 0. The van der Waals surface area contributed by atoms with Crippen molar-refractivity contribution in [2.24, 2.45) is 0 Å². The molecular weight excluding hydrogens is 174 g/mol. The highest BCUT2D eigenvalue weighted by Gasteiger charge is 1.93. The van der Waals surface area contributed by atoms with E-state index in [1.54, 1.807) is 0 Å².